The molecule has 0 aromatic rings. The standard InChI is InChI=1S/C15H33OSi2.3C4H9.Sn/c1-13(2)14(11-12-17(6,7)8)16-18(9,10)15(3,4)5;3*1-3-4-2;/h11,13-14H,1-10H3;3*1,3-4H2,2H3;. The summed E-state index contributed by atoms with van der Waals surface area (Å²) in [5, 5.41) is 0.264. The fourth-order valence-electron chi connectivity index (χ4n) is 4.59. The van der Waals surface area contributed by atoms with Gasteiger partial charge in [-0.1, -0.05) is 0 Å². The molecule has 0 aromatic carbocycles. The molecule has 0 rings (SSSR count). The zero-order valence-electron chi connectivity index (χ0n) is 24.0. The van der Waals surface area contributed by atoms with E-state index in [1.165, 1.54) is 38.5 Å². The second-order valence-electron chi connectivity index (χ2n) is 13.0. The van der Waals surface area contributed by atoms with Gasteiger partial charge in [-0.2, -0.15) is 0 Å². The van der Waals surface area contributed by atoms with Crippen molar-refractivity contribution >= 4 is 34.8 Å². The summed E-state index contributed by atoms with van der Waals surface area (Å²) < 4.78 is 13.9. The Morgan fingerprint density at radius 2 is 1.19 bits per heavy atom. The second kappa shape index (κ2) is 13.7. The van der Waals surface area contributed by atoms with Crippen molar-refractivity contribution in [3.63, 3.8) is 0 Å². The van der Waals surface area contributed by atoms with Gasteiger partial charge in [0.1, 0.15) is 0 Å². The van der Waals surface area contributed by atoms with E-state index in [-0.39, 0.29) is 5.04 Å². The molecule has 0 aliphatic heterocycles. The van der Waals surface area contributed by atoms with Crippen LogP contribution in [0.3, 0.4) is 0 Å². The first kappa shape index (κ1) is 31.9. The quantitative estimate of drug-likeness (QED) is 0.177. The van der Waals surface area contributed by atoms with Gasteiger partial charge in [-0.15, -0.1) is 0 Å². The van der Waals surface area contributed by atoms with Crippen molar-refractivity contribution in [3.05, 3.63) is 9.29 Å². The van der Waals surface area contributed by atoms with Crippen LogP contribution in [-0.2, 0) is 4.43 Å². The van der Waals surface area contributed by atoms with Crippen molar-refractivity contribution in [1.29, 1.82) is 0 Å². The molecule has 0 aromatic heterocycles. The van der Waals surface area contributed by atoms with Crippen LogP contribution >= 0.6 is 0 Å². The first-order chi connectivity index (χ1) is 14.1. The number of hydrogen-bond acceptors (Lipinski definition) is 1. The van der Waals surface area contributed by atoms with Gasteiger partial charge >= 0.3 is 206 Å². The van der Waals surface area contributed by atoms with Crippen molar-refractivity contribution in [2.75, 3.05) is 0 Å². The van der Waals surface area contributed by atoms with E-state index in [2.05, 4.69) is 94.2 Å². The summed E-state index contributed by atoms with van der Waals surface area (Å²) in [5.74, 6) is 0.549. The number of hydrogen-bond donors (Lipinski definition) is 0. The second-order valence-corrected chi connectivity index (χ2v) is 37.4. The molecule has 4 heteroatoms. The molecule has 0 N–H and O–H groups in total. The first-order valence-electron chi connectivity index (χ1n) is 13.5. The average Bonchev–Trinajstić information content (AvgIpc) is 2.63. The topological polar surface area (TPSA) is 9.23 Å². The van der Waals surface area contributed by atoms with Crippen LogP contribution in [0.2, 0.25) is 51.1 Å². The molecule has 0 spiro atoms. The van der Waals surface area contributed by atoms with Crippen LogP contribution in [0.25, 0.3) is 0 Å². The van der Waals surface area contributed by atoms with Gasteiger partial charge in [-0.05, 0) is 0 Å². The van der Waals surface area contributed by atoms with Gasteiger partial charge in [-0.3, -0.25) is 0 Å². The molecule has 0 heterocycles. The Balaban J connectivity index is 6.57. The number of unbranched alkanes of at least 4 members (excludes halogenated alkanes) is 3. The van der Waals surface area contributed by atoms with Gasteiger partial charge in [-0.25, -0.2) is 0 Å². The van der Waals surface area contributed by atoms with E-state index in [1.807, 2.05) is 3.21 Å². The summed E-state index contributed by atoms with van der Waals surface area (Å²) in [6, 6.07) is 0. The van der Waals surface area contributed by atoms with Crippen LogP contribution in [0.4, 0.5) is 0 Å². The van der Waals surface area contributed by atoms with Gasteiger partial charge in [0.25, 0.3) is 0 Å². The molecule has 0 amide bonds. The summed E-state index contributed by atoms with van der Waals surface area (Å²) in [6.07, 6.45) is 11.5. The summed E-state index contributed by atoms with van der Waals surface area (Å²) >= 11 is -2.46. The summed E-state index contributed by atoms with van der Waals surface area (Å²) in [6.45, 7) is 31.9. The van der Waals surface area contributed by atoms with E-state index in [4.69, 9.17) is 4.43 Å². The Morgan fingerprint density at radius 3 is 1.45 bits per heavy atom. The summed E-state index contributed by atoms with van der Waals surface area (Å²) in [4.78, 5) is 0. The van der Waals surface area contributed by atoms with Crippen molar-refractivity contribution < 1.29 is 4.43 Å². The SMILES string of the molecule is CCC[CH2][Sn]([CH2]CCC)([CH2]CCC)/[C](=C\C(O[Si](C)(C)C(C)(C)C)C(C)C)[Si](C)(C)C. The normalized spacial score (nSPS) is 15.6. The van der Waals surface area contributed by atoms with Crippen molar-refractivity contribution in [1.82, 2.24) is 0 Å². The molecule has 0 fully saturated rings. The molecule has 1 atom stereocenters. The fraction of sp³-hybridized carbons (Fsp3) is 0.926. The average molecular weight is 576 g/mol. The summed E-state index contributed by atoms with van der Waals surface area (Å²) in [5.41, 5.74) is 0. The molecule has 0 saturated carbocycles. The van der Waals surface area contributed by atoms with Crippen LogP contribution in [0, 0.1) is 5.92 Å². The van der Waals surface area contributed by atoms with E-state index >= 15 is 0 Å². The minimum atomic E-state index is -2.46. The molecule has 1 nitrogen and oxygen atoms in total. The van der Waals surface area contributed by atoms with Gasteiger partial charge in [0.15, 0.2) is 0 Å². The van der Waals surface area contributed by atoms with Crippen LogP contribution < -0.4 is 0 Å². The first-order valence-corrected chi connectivity index (χ1v) is 27.4. The predicted octanol–water partition coefficient (Wildman–Crippen LogP) is 10.2. The fourth-order valence-corrected chi connectivity index (χ4v) is 39.1. The zero-order chi connectivity index (χ0) is 24.5. The Kier molecular flexibility index (Phi) is 14.1. The Bertz CT molecular complexity index is 505. The Labute approximate surface area is 204 Å². The molecule has 0 radical (unpaired) electrons. The molecule has 31 heavy (non-hydrogen) atoms. The third-order valence-corrected chi connectivity index (χ3v) is 38.8. The molecule has 0 bridgehead atoms. The number of rotatable bonds is 15. The minimum absolute atomic E-state index is 0.264. The predicted molar refractivity (Wildman–Crippen MR) is 153 cm³/mol. The summed E-state index contributed by atoms with van der Waals surface area (Å²) in [7, 11) is -3.21. The third kappa shape index (κ3) is 10.4. The van der Waals surface area contributed by atoms with E-state index in [0.29, 0.717) is 12.0 Å². The van der Waals surface area contributed by atoms with Gasteiger partial charge in [0.2, 0.25) is 0 Å². The zero-order valence-corrected chi connectivity index (χ0v) is 28.9. The molecular weight excluding hydrogens is 515 g/mol. The maximum atomic E-state index is 7.12. The molecule has 186 valence electrons. The van der Waals surface area contributed by atoms with Crippen LogP contribution in [0.1, 0.15) is 93.9 Å². The maximum absolute atomic E-state index is 7.12. The van der Waals surface area contributed by atoms with E-state index < -0.39 is 34.8 Å². The monoisotopic (exact) mass is 576 g/mol. The molecule has 0 aliphatic carbocycles. The molecule has 1 unspecified atom stereocenters. The Morgan fingerprint density at radius 1 is 0.806 bits per heavy atom. The molecule has 0 aliphatic rings. The Hall–Kier alpha value is 0.932. The van der Waals surface area contributed by atoms with Crippen molar-refractivity contribution in [2.24, 2.45) is 5.92 Å². The molecule has 0 saturated heterocycles. The van der Waals surface area contributed by atoms with Gasteiger partial charge in [0.05, 0.1) is 0 Å². The van der Waals surface area contributed by atoms with Gasteiger partial charge in [0, 0.05) is 0 Å². The molecular formula is C27H60OSi2Sn. The van der Waals surface area contributed by atoms with Crippen LogP contribution in [0.5, 0.6) is 0 Å². The van der Waals surface area contributed by atoms with Gasteiger partial charge < -0.3 is 0 Å². The van der Waals surface area contributed by atoms with Crippen molar-refractivity contribution in [3.8, 4) is 0 Å². The van der Waals surface area contributed by atoms with E-state index in [1.54, 1.807) is 13.3 Å². The van der Waals surface area contributed by atoms with Crippen LogP contribution in [-0.4, -0.2) is 40.9 Å². The third-order valence-electron chi connectivity index (χ3n) is 7.63. The van der Waals surface area contributed by atoms with Crippen LogP contribution in [0.15, 0.2) is 9.29 Å². The van der Waals surface area contributed by atoms with Crippen molar-refractivity contribution in [2.45, 2.75) is 151 Å². The van der Waals surface area contributed by atoms with E-state index in [9.17, 15) is 0 Å². The van der Waals surface area contributed by atoms with E-state index in [0.717, 1.165) is 0 Å².